The molecule has 1 aromatic carbocycles. The zero-order chi connectivity index (χ0) is 14.7. The lowest BCUT2D eigenvalue weighted by atomic mass is 10.1. The van der Waals surface area contributed by atoms with E-state index in [1.807, 2.05) is 31.2 Å². The molecular weight excluding hydrogens is 252 g/mol. The van der Waals surface area contributed by atoms with Gasteiger partial charge in [-0.25, -0.2) is 0 Å². The number of hydrogen-bond donors (Lipinski definition) is 1. The minimum Gasteiger partial charge on any atom is -0.378 e. The highest BCUT2D eigenvalue weighted by Crippen LogP contribution is 2.18. The number of aryl methyl sites for hydroxylation is 1. The number of aliphatic hydroxyl groups is 1. The first-order valence-electron chi connectivity index (χ1n) is 7.26. The fourth-order valence-electron chi connectivity index (χ4n) is 2.52. The van der Waals surface area contributed by atoms with Gasteiger partial charge in [-0.3, -0.25) is 9.69 Å². The summed E-state index contributed by atoms with van der Waals surface area (Å²) in [5.74, 6) is -0.183. The average molecular weight is 276 g/mol. The largest absolute Gasteiger partial charge is 0.378 e. The second kappa shape index (κ2) is 6.37. The third-order valence-electron chi connectivity index (χ3n) is 3.98. The van der Waals surface area contributed by atoms with Crippen molar-refractivity contribution in [2.75, 3.05) is 26.2 Å². The molecule has 0 saturated carbocycles. The number of aliphatic hydroxyl groups excluding tert-OH is 1. The van der Waals surface area contributed by atoms with Gasteiger partial charge in [0.15, 0.2) is 6.10 Å². The van der Waals surface area contributed by atoms with Gasteiger partial charge in [-0.05, 0) is 26.3 Å². The molecule has 1 aromatic rings. The molecule has 1 unspecified atom stereocenters. The summed E-state index contributed by atoms with van der Waals surface area (Å²) in [7, 11) is 0. The number of hydrogen-bond acceptors (Lipinski definition) is 3. The van der Waals surface area contributed by atoms with E-state index in [9.17, 15) is 9.90 Å². The minimum atomic E-state index is -1.04. The van der Waals surface area contributed by atoms with Gasteiger partial charge >= 0.3 is 0 Å². The molecule has 0 bridgehead atoms. The summed E-state index contributed by atoms with van der Waals surface area (Å²) >= 11 is 0. The van der Waals surface area contributed by atoms with Crippen molar-refractivity contribution in [2.45, 2.75) is 32.9 Å². The van der Waals surface area contributed by atoms with E-state index >= 15 is 0 Å². The zero-order valence-electron chi connectivity index (χ0n) is 12.5. The second-order valence-electron chi connectivity index (χ2n) is 5.77. The SMILES string of the molecule is Cc1ccc(C(O)C(=O)N2CCN(C(C)C)CC2)cc1. The van der Waals surface area contributed by atoms with Gasteiger partial charge in [-0.2, -0.15) is 0 Å². The Balaban J connectivity index is 1.96. The van der Waals surface area contributed by atoms with Gasteiger partial charge in [0.1, 0.15) is 0 Å². The van der Waals surface area contributed by atoms with Gasteiger partial charge in [-0.15, -0.1) is 0 Å². The molecular formula is C16H24N2O2. The van der Waals surface area contributed by atoms with Crippen LogP contribution in [-0.2, 0) is 4.79 Å². The van der Waals surface area contributed by atoms with Crippen LogP contribution in [0.4, 0.5) is 0 Å². The normalized spacial score (nSPS) is 18.4. The van der Waals surface area contributed by atoms with E-state index in [1.165, 1.54) is 0 Å². The molecule has 2 rings (SSSR count). The Labute approximate surface area is 121 Å². The second-order valence-corrected chi connectivity index (χ2v) is 5.77. The lowest BCUT2D eigenvalue weighted by Crippen LogP contribution is -2.51. The molecule has 0 aromatic heterocycles. The predicted molar refractivity (Wildman–Crippen MR) is 79.4 cm³/mol. The molecule has 1 fully saturated rings. The first kappa shape index (κ1) is 15.0. The molecule has 0 aliphatic carbocycles. The van der Waals surface area contributed by atoms with Crippen molar-refractivity contribution in [2.24, 2.45) is 0 Å². The van der Waals surface area contributed by atoms with E-state index < -0.39 is 6.10 Å². The predicted octanol–water partition coefficient (Wildman–Crippen LogP) is 1.58. The summed E-state index contributed by atoms with van der Waals surface area (Å²) in [6.07, 6.45) is -1.04. The monoisotopic (exact) mass is 276 g/mol. The number of nitrogens with zero attached hydrogens (tertiary/aromatic N) is 2. The number of rotatable bonds is 3. The maximum atomic E-state index is 12.3. The molecule has 1 amide bonds. The fraction of sp³-hybridized carbons (Fsp3) is 0.562. The molecule has 0 radical (unpaired) electrons. The van der Waals surface area contributed by atoms with Crippen molar-refractivity contribution in [1.29, 1.82) is 0 Å². The van der Waals surface area contributed by atoms with Gasteiger partial charge in [0.25, 0.3) is 5.91 Å². The Hall–Kier alpha value is -1.39. The summed E-state index contributed by atoms with van der Waals surface area (Å²) < 4.78 is 0. The summed E-state index contributed by atoms with van der Waals surface area (Å²) in [6, 6.07) is 7.99. The molecule has 1 saturated heterocycles. The van der Waals surface area contributed by atoms with Crippen molar-refractivity contribution in [3.8, 4) is 0 Å². The first-order chi connectivity index (χ1) is 9.49. The third-order valence-corrected chi connectivity index (χ3v) is 3.98. The zero-order valence-corrected chi connectivity index (χ0v) is 12.5. The highest BCUT2D eigenvalue weighted by Gasteiger charge is 2.27. The molecule has 1 aliphatic heterocycles. The van der Waals surface area contributed by atoms with Gasteiger partial charge in [0.05, 0.1) is 0 Å². The molecule has 1 atom stereocenters. The van der Waals surface area contributed by atoms with Crippen molar-refractivity contribution < 1.29 is 9.90 Å². The Morgan fingerprint density at radius 3 is 2.15 bits per heavy atom. The Bertz CT molecular complexity index is 448. The van der Waals surface area contributed by atoms with Gasteiger partial charge in [-0.1, -0.05) is 29.8 Å². The van der Waals surface area contributed by atoms with Gasteiger partial charge in [0.2, 0.25) is 0 Å². The first-order valence-corrected chi connectivity index (χ1v) is 7.26. The van der Waals surface area contributed by atoms with E-state index in [4.69, 9.17) is 0 Å². The van der Waals surface area contributed by atoms with Crippen molar-refractivity contribution in [3.05, 3.63) is 35.4 Å². The van der Waals surface area contributed by atoms with Crippen molar-refractivity contribution >= 4 is 5.91 Å². The third kappa shape index (κ3) is 3.38. The van der Waals surface area contributed by atoms with Crippen LogP contribution in [0.1, 0.15) is 31.1 Å². The van der Waals surface area contributed by atoms with Crippen LogP contribution in [0.15, 0.2) is 24.3 Å². The summed E-state index contributed by atoms with van der Waals surface area (Å²) in [4.78, 5) is 16.4. The van der Waals surface area contributed by atoms with Crippen LogP contribution in [0.3, 0.4) is 0 Å². The van der Waals surface area contributed by atoms with Crippen LogP contribution in [0.5, 0.6) is 0 Å². The fourth-order valence-corrected chi connectivity index (χ4v) is 2.52. The molecule has 110 valence electrons. The van der Waals surface area contributed by atoms with E-state index in [0.29, 0.717) is 24.7 Å². The number of amides is 1. The van der Waals surface area contributed by atoms with E-state index in [0.717, 1.165) is 18.7 Å². The van der Waals surface area contributed by atoms with Crippen molar-refractivity contribution in [1.82, 2.24) is 9.80 Å². The molecule has 1 aliphatic rings. The van der Waals surface area contributed by atoms with Crippen molar-refractivity contribution in [3.63, 3.8) is 0 Å². The van der Waals surface area contributed by atoms with Gasteiger partial charge in [0, 0.05) is 32.2 Å². The lowest BCUT2D eigenvalue weighted by Gasteiger charge is -2.37. The molecule has 1 heterocycles. The van der Waals surface area contributed by atoms with Crippen LogP contribution >= 0.6 is 0 Å². The molecule has 0 spiro atoms. The summed E-state index contributed by atoms with van der Waals surface area (Å²) in [6.45, 7) is 9.47. The number of carbonyl (C=O) groups excluding carboxylic acids is 1. The number of benzene rings is 1. The molecule has 4 nitrogen and oxygen atoms in total. The maximum Gasteiger partial charge on any atom is 0.256 e. The van der Waals surface area contributed by atoms with E-state index in [-0.39, 0.29) is 5.91 Å². The quantitative estimate of drug-likeness (QED) is 0.911. The minimum absolute atomic E-state index is 0.183. The molecule has 1 N–H and O–H groups in total. The topological polar surface area (TPSA) is 43.8 Å². The Morgan fingerprint density at radius 2 is 1.65 bits per heavy atom. The number of piperazine rings is 1. The average Bonchev–Trinajstić information content (AvgIpc) is 2.46. The Morgan fingerprint density at radius 1 is 1.10 bits per heavy atom. The van der Waals surface area contributed by atoms with Crippen LogP contribution < -0.4 is 0 Å². The van der Waals surface area contributed by atoms with Gasteiger partial charge < -0.3 is 10.0 Å². The highest BCUT2D eigenvalue weighted by molar-refractivity contribution is 5.82. The van der Waals surface area contributed by atoms with E-state index in [1.54, 1.807) is 4.90 Å². The Kier molecular flexibility index (Phi) is 4.78. The summed E-state index contributed by atoms with van der Waals surface area (Å²) in [5, 5.41) is 10.2. The highest BCUT2D eigenvalue weighted by atomic mass is 16.3. The van der Waals surface area contributed by atoms with Crippen LogP contribution in [-0.4, -0.2) is 53.0 Å². The summed E-state index contributed by atoms with van der Waals surface area (Å²) in [5.41, 5.74) is 1.80. The molecule has 20 heavy (non-hydrogen) atoms. The van der Waals surface area contributed by atoms with E-state index in [2.05, 4.69) is 18.7 Å². The smallest absolute Gasteiger partial charge is 0.256 e. The molecule has 4 heteroatoms. The van der Waals surface area contributed by atoms with Crippen LogP contribution in [0.2, 0.25) is 0 Å². The number of carbonyl (C=O) groups is 1. The standard InChI is InChI=1S/C16H24N2O2/c1-12(2)17-8-10-18(11-9-17)16(20)15(19)14-6-4-13(3)5-7-14/h4-7,12,15,19H,8-11H2,1-3H3. The van der Waals surface area contributed by atoms with Crippen LogP contribution in [0, 0.1) is 6.92 Å². The van der Waals surface area contributed by atoms with Crippen LogP contribution in [0.25, 0.3) is 0 Å². The maximum absolute atomic E-state index is 12.3. The lowest BCUT2D eigenvalue weighted by molar-refractivity contribution is -0.142.